The average molecular weight is 474 g/mol. The Morgan fingerprint density at radius 1 is 1.09 bits per heavy atom. The molecule has 6 nitrogen and oxygen atoms in total. The molecule has 0 radical (unpaired) electrons. The highest BCUT2D eigenvalue weighted by molar-refractivity contribution is 8.00. The van der Waals surface area contributed by atoms with E-state index in [1.165, 1.54) is 11.8 Å². The molecule has 0 bridgehead atoms. The van der Waals surface area contributed by atoms with Gasteiger partial charge < -0.3 is 10.1 Å². The van der Waals surface area contributed by atoms with Gasteiger partial charge in [0.25, 0.3) is 5.56 Å². The van der Waals surface area contributed by atoms with Crippen molar-refractivity contribution >= 4 is 34.3 Å². The highest BCUT2D eigenvalue weighted by Gasteiger charge is 2.22. The predicted octanol–water partition coefficient (Wildman–Crippen LogP) is 5.52. The van der Waals surface area contributed by atoms with Gasteiger partial charge in [0, 0.05) is 0 Å². The molecule has 1 aromatic heterocycles. The summed E-state index contributed by atoms with van der Waals surface area (Å²) in [5, 5.41) is 3.44. The quantitative estimate of drug-likeness (QED) is 0.283. The average Bonchev–Trinajstić information content (AvgIpc) is 2.82. The third kappa shape index (κ3) is 4.84. The van der Waals surface area contributed by atoms with Crippen molar-refractivity contribution in [2.75, 3.05) is 11.9 Å². The number of aromatic nitrogens is 2. The molecule has 4 rings (SSSR count). The number of carbonyl (C=O) groups is 1. The van der Waals surface area contributed by atoms with Crippen molar-refractivity contribution in [1.29, 1.82) is 0 Å². The van der Waals surface area contributed by atoms with E-state index >= 15 is 0 Å². The molecule has 0 saturated heterocycles. The second-order valence-corrected chi connectivity index (χ2v) is 9.33. The first-order valence-corrected chi connectivity index (χ1v) is 12.1. The molecule has 0 saturated carbocycles. The van der Waals surface area contributed by atoms with Crippen molar-refractivity contribution in [3.8, 4) is 11.4 Å². The summed E-state index contributed by atoms with van der Waals surface area (Å²) in [5.74, 6) is 0.416. The minimum absolute atomic E-state index is 0.156. The maximum Gasteiger partial charge on any atom is 0.266 e. The van der Waals surface area contributed by atoms with E-state index in [1.54, 1.807) is 23.6 Å². The normalized spacial score (nSPS) is 11.9. The van der Waals surface area contributed by atoms with Crippen LogP contribution in [-0.2, 0) is 4.79 Å². The molecule has 34 heavy (non-hydrogen) atoms. The van der Waals surface area contributed by atoms with E-state index in [4.69, 9.17) is 9.72 Å². The highest BCUT2D eigenvalue weighted by Crippen LogP contribution is 2.29. The minimum atomic E-state index is -0.515. The van der Waals surface area contributed by atoms with Gasteiger partial charge in [0.15, 0.2) is 5.16 Å². The Labute approximate surface area is 203 Å². The smallest absolute Gasteiger partial charge is 0.266 e. The van der Waals surface area contributed by atoms with Crippen molar-refractivity contribution in [1.82, 2.24) is 9.55 Å². The lowest BCUT2D eigenvalue weighted by atomic mass is 10.1. The number of nitrogens with one attached hydrogen (secondary N) is 1. The van der Waals surface area contributed by atoms with Crippen LogP contribution in [0.5, 0.6) is 5.75 Å². The summed E-state index contributed by atoms with van der Waals surface area (Å²) in [6.07, 6.45) is 0. The van der Waals surface area contributed by atoms with Crippen molar-refractivity contribution in [2.45, 2.75) is 38.1 Å². The molecule has 7 heteroatoms. The number of carbonyl (C=O) groups excluding carboxylic acids is 1. The van der Waals surface area contributed by atoms with Crippen LogP contribution in [-0.4, -0.2) is 27.3 Å². The van der Waals surface area contributed by atoms with E-state index in [1.807, 2.05) is 75.4 Å². The number of benzene rings is 3. The zero-order chi connectivity index (χ0) is 24.2. The summed E-state index contributed by atoms with van der Waals surface area (Å²) >= 11 is 1.25. The number of rotatable bonds is 7. The van der Waals surface area contributed by atoms with Crippen molar-refractivity contribution in [3.05, 3.63) is 88.2 Å². The number of hydrogen-bond acceptors (Lipinski definition) is 5. The first-order chi connectivity index (χ1) is 16.4. The first-order valence-electron chi connectivity index (χ1n) is 11.2. The summed E-state index contributed by atoms with van der Waals surface area (Å²) in [4.78, 5) is 31.4. The van der Waals surface area contributed by atoms with Crippen molar-refractivity contribution < 1.29 is 9.53 Å². The number of amides is 1. The van der Waals surface area contributed by atoms with Crippen LogP contribution in [0.25, 0.3) is 16.6 Å². The molecule has 0 aliphatic rings. The van der Waals surface area contributed by atoms with E-state index < -0.39 is 5.25 Å². The summed E-state index contributed by atoms with van der Waals surface area (Å²) in [5.41, 5.74) is 3.81. The van der Waals surface area contributed by atoms with Gasteiger partial charge in [-0.25, -0.2) is 4.98 Å². The fourth-order valence-electron chi connectivity index (χ4n) is 3.66. The summed E-state index contributed by atoms with van der Waals surface area (Å²) in [7, 11) is 0. The minimum Gasteiger partial charge on any atom is -0.492 e. The van der Waals surface area contributed by atoms with Gasteiger partial charge in [-0.05, 0) is 69.2 Å². The summed E-state index contributed by atoms with van der Waals surface area (Å²) < 4.78 is 7.24. The SMILES string of the molecule is CCOc1ccccc1NC(=O)C(C)Sc1nc2ccccc2c(=O)n1-c1cc(C)ccc1C. The maximum absolute atomic E-state index is 13.6. The molecule has 0 spiro atoms. The number of thioether (sulfide) groups is 1. The van der Waals surface area contributed by atoms with Gasteiger partial charge in [-0.1, -0.05) is 48.2 Å². The van der Waals surface area contributed by atoms with Crippen LogP contribution in [0.4, 0.5) is 5.69 Å². The molecular formula is C27H27N3O3S. The fourth-order valence-corrected chi connectivity index (χ4v) is 4.58. The number of para-hydroxylation sites is 3. The lowest BCUT2D eigenvalue weighted by Crippen LogP contribution is -2.26. The van der Waals surface area contributed by atoms with Crippen LogP contribution in [0.1, 0.15) is 25.0 Å². The predicted molar refractivity (Wildman–Crippen MR) is 138 cm³/mol. The largest absolute Gasteiger partial charge is 0.492 e. The monoisotopic (exact) mass is 473 g/mol. The number of anilines is 1. The first kappa shape index (κ1) is 23.6. The molecule has 0 aliphatic carbocycles. The molecule has 1 N–H and O–H groups in total. The molecule has 1 heterocycles. The van der Waals surface area contributed by atoms with Gasteiger partial charge in [-0.15, -0.1) is 0 Å². The summed E-state index contributed by atoms with van der Waals surface area (Å²) in [6, 6.07) is 20.6. The highest BCUT2D eigenvalue weighted by atomic mass is 32.2. The molecule has 0 aliphatic heterocycles. The topological polar surface area (TPSA) is 73.2 Å². The Kier molecular flexibility index (Phi) is 7.03. The molecular weight excluding hydrogens is 446 g/mol. The van der Waals surface area contributed by atoms with Gasteiger partial charge in [-0.3, -0.25) is 14.2 Å². The maximum atomic E-state index is 13.6. The molecule has 1 amide bonds. The van der Waals surface area contributed by atoms with Crippen LogP contribution in [0.2, 0.25) is 0 Å². The lowest BCUT2D eigenvalue weighted by molar-refractivity contribution is -0.115. The Bertz CT molecular complexity index is 1410. The molecule has 0 fully saturated rings. The molecule has 1 unspecified atom stereocenters. The second-order valence-electron chi connectivity index (χ2n) is 8.02. The van der Waals surface area contributed by atoms with Crippen molar-refractivity contribution in [3.63, 3.8) is 0 Å². The van der Waals surface area contributed by atoms with Crippen LogP contribution in [0, 0.1) is 13.8 Å². The zero-order valence-corrected chi connectivity index (χ0v) is 20.5. The zero-order valence-electron chi connectivity index (χ0n) is 19.7. The number of aryl methyl sites for hydroxylation is 2. The van der Waals surface area contributed by atoms with Gasteiger partial charge >= 0.3 is 0 Å². The number of fused-ring (bicyclic) bond motifs is 1. The molecule has 4 aromatic rings. The second kappa shape index (κ2) is 10.1. The van der Waals surface area contributed by atoms with Gasteiger partial charge in [-0.2, -0.15) is 0 Å². The Balaban J connectivity index is 1.73. The molecule has 1 atom stereocenters. The van der Waals surface area contributed by atoms with Crippen LogP contribution in [0.15, 0.2) is 76.7 Å². The number of nitrogens with zero attached hydrogens (tertiary/aromatic N) is 2. The van der Waals surface area contributed by atoms with Crippen LogP contribution < -0.4 is 15.6 Å². The fraction of sp³-hybridized carbons (Fsp3) is 0.222. The van der Waals surface area contributed by atoms with Crippen LogP contribution in [0.3, 0.4) is 0 Å². The van der Waals surface area contributed by atoms with E-state index in [9.17, 15) is 9.59 Å². The van der Waals surface area contributed by atoms with E-state index in [2.05, 4.69) is 5.32 Å². The summed E-state index contributed by atoms with van der Waals surface area (Å²) in [6.45, 7) is 8.15. The van der Waals surface area contributed by atoms with Crippen molar-refractivity contribution in [2.24, 2.45) is 0 Å². The number of ether oxygens (including phenoxy) is 1. The Hall–Kier alpha value is -3.58. The molecule has 174 valence electrons. The van der Waals surface area contributed by atoms with E-state index in [0.29, 0.717) is 34.1 Å². The van der Waals surface area contributed by atoms with Crippen LogP contribution >= 0.6 is 11.8 Å². The third-order valence-corrected chi connectivity index (χ3v) is 6.50. The van der Waals surface area contributed by atoms with Gasteiger partial charge in [0.1, 0.15) is 5.75 Å². The van der Waals surface area contributed by atoms with Gasteiger partial charge in [0.05, 0.1) is 34.1 Å². The number of hydrogen-bond donors (Lipinski definition) is 1. The Morgan fingerprint density at radius 2 is 1.82 bits per heavy atom. The molecule has 3 aromatic carbocycles. The standard InChI is InChI=1S/C27H27N3O3S/c1-5-33-24-13-9-8-12-22(24)28-25(31)19(4)34-27-29-21-11-7-6-10-20(21)26(32)30(27)23-16-17(2)14-15-18(23)3/h6-16,19H,5H2,1-4H3,(H,28,31). The van der Waals surface area contributed by atoms with Gasteiger partial charge in [0.2, 0.25) is 5.91 Å². The lowest BCUT2D eigenvalue weighted by Gasteiger charge is -2.18. The Morgan fingerprint density at radius 3 is 2.62 bits per heavy atom. The van der Waals surface area contributed by atoms with E-state index in [0.717, 1.165) is 16.8 Å². The van der Waals surface area contributed by atoms with E-state index in [-0.39, 0.29) is 11.5 Å². The third-order valence-electron chi connectivity index (χ3n) is 5.45.